The highest BCUT2D eigenvalue weighted by atomic mass is 16.5. The molecule has 4 heteroatoms. The molecule has 2 aliphatic rings. The smallest absolute Gasteiger partial charge is 0.239 e. The number of ether oxygens (including phenoxy) is 1. The van der Waals surface area contributed by atoms with E-state index >= 15 is 0 Å². The van der Waals surface area contributed by atoms with Crippen LogP contribution in [0.1, 0.15) is 13.8 Å². The molecule has 0 aromatic heterocycles. The highest BCUT2D eigenvalue weighted by Gasteiger charge is 2.46. The second kappa shape index (κ2) is 2.44. The zero-order chi connectivity index (χ0) is 8.77. The molecule has 0 aromatic rings. The van der Waals surface area contributed by atoms with Crippen molar-refractivity contribution in [2.24, 2.45) is 0 Å². The first-order valence-electron chi connectivity index (χ1n) is 4.30. The van der Waals surface area contributed by atoms with Crippen molar-refractivity contribution < 1.29 is 9.53 Å². The normalized spacial score (nSPS) is 41.7. The summed E-state index contributed by atoms with van der Waals surface area (Å²) in [5.41, 5.74) is -0.394. The monoisotopic (exact) mass is 170 g/mol. The molecule has 4 nitrogen and oxygen atoms in total. The first-order valence-corrected chi connectivity index (χ1v) is 4.30. The number of rotatable bonds is 0. The fourth-order valence-electron chi connectivity index (χ4n) is 2.04. The van der Waals surface area contributed by atoms with E-state index in [-0.39, 0.29) is 11.9 Å². The van der Waals surface area contributed by atoms with Crippen LogP contribution in [-0.2, 0) is 9.53 Å². The topological polar surface area (TPSA) is 41.6 Å². The van der Waals surface area contributed by atoms with Crippen molar-refractivity contribution in [2.45, 2.75) is 25.6 Å². The zero-order valence-electron chi connectivity index (χ0n) is 7.46. The highest BCUT2D eigenvalue weighted by molar-refractivity contribution is 5.80. The lowest BCUT2D eigenvalue weighted by Gasteiger charge is -2.39. The lowest BCUT2D eigenvalue weighted by Crippen LogP contribution is -2.61. The molecule has 0 saturated carbocycles. The molecule has 12 heavy (non-hydrogen) atoms. The molecule has 2 heterocycles. The molecule has 1 amide bonds. The van der Waals surface area contributed by atoms with Gasteiger partial charge in [0.2, 0.25) is 5.91 Å². The zero-order valence-corrected chi connectivity index (χ0v) is 7.46. The van der Waals surface area contributed by atoms with E-state index in [1.54, 1.807) is 0 Å². The minimum atomic E-state index is -0.394. The van der Waals surface area contributed by atoms with Crippen LogP contribution in [0, 0.1) is 0 Å². The number of carbonyl (C=O) groups is 1. The van der Waals surface area contributed by atoms with Gasteiger partial charge < -0.3 is 15.0 Å². The highest BCUT2D eigenvalue weighted by Crippen LogP contribution is 2.28. The lowest BCUT2D eigenvalue weighted by atomic mass is 10.1. The number of hydrogen-bond acceptors (Lipinski definition) is 3. The summed E-state index contributed by atoms with van der Waals surface area (Å²) in [7, 11) is 0. The molecule has 1 N–H and O–H groups in total. The van der Waals surface area contributed by atoms with Crippen LogP contribution in [0.4, 0.5) is 0 Å². The summed E-state index contributed by atoms with van der Waals surface area (Å²) in [4.78, 5) is 13.3. The van der Waals surface area contributed by atoms with Gasteiger partial charge in [0.25, 0.3) is 0 Å². The third kappa shape index (κ3) is 0.949. The summed E-state index contributed by atoms with van der Waals surface area (Å²) >= 11 is 0. The molecule has 0 bridgehead atoms. The molecular formula is C8H14N2O2. The van der Waals surface area contributed by atoms with Crippen LogP contribution in [0.3, 0.4) is 0 Å². The van der Waals surface area contributed by atoms with E-state index in [9.17, 15) is 4.79 Å². The number of piperazine rings is 1. The van der Waals surface area contributed by atoms with E-state index < -0.39 is 5.72 Å². The third-order valence-corrected chi connectivity index (χ3v) is 2.58. The molecule has 0 radical (unpaired) electrons. The summed E-state index contributed by atoms with van der Waals surface area (Å²) in [6.45, 7) is 5.82. The van der Waals surface area contributed by atoms with Gasteiger partial charge in [0.1, 0.15) is 0 Å². The van der Waals surface area contributed by atoms with E-state index in [0.717, 1.165) is 6.54 Å². The van der Waals surface area contributed by atoms with Gasteiger partial charge in [-0.1, -0.05) is 0 Å². The van der Waals surface area contributed by atoms with Gasteiger partial charge in [-0.25, -0.2) is 0 Å². The van der Waals surface area contributed by atoms with E-state index in [0.29, 0.717) is 13.2 Å². The van der Waals surface area contributed by atoms with Crippen molar-refractivity contribution >= 4 is 5.91 Å². The van der Waals surface area contributed by atoms with Gasteiger partial charge in [0.05, 0.1) is 19.2 Å². The van der Waals surface area contributed by atoms with E-state index in [1.165, 1.54) is 0 Å². The molecule has 68 valence electrons. The van der Waals surface area contributed by atoms with E-state index in [2.05, 4.69) is 5.32 Å². The van der Waals surface area contributed by atoms with Gasteiger partial charge in [-0.15, -0.1) is 0 Å². The molecule has 0 aliphatic carbocycles. The second-order valence-corrected chi connectivity index (χ2v) is 3.70. The minimum absolute atomic E-state index is 0.147. The number of hydrogen-bond donors (Lipinski definition) is 1. The van der Waals surface area contributed by atoms with Gasteiger partial charge in [0, 0.05) is 6.54 Å². The number of amides is 1. The predicted octanol–water partition coefficient (Wildman–Crippen LogP) is -0.447. The van der Waals surface area contributed by atoms with Gasteiger partial charge in [-0.2, -0.15) is 0 Å². The van der Waals surface area contributed by atoms with Crippen LogP contribution in [0.5, 0.6) is 0 Å². The average molecular weight is 170 g/mol. The number of carbonyl (C=O) groups excluding carboxylic acids is 1. The van der Waals surface area contributed by atoms with Crippen molar-refractivity contribution in [3.05, 3.63) is 0 Å². The fraction of sp³-hybridized carbons (Fsp3) is 0.875. The van der Waals surface area contributed by atoms with Crippen molar-refractivity contribution in [2.75, 3.05) is 19.7 Å². The van der Waals surface area contributed by atoms with Crippen LogP contribution in [0.25, 0.3) is 0 Å². The number of fused-ring (bicyclic) bond motifs is 1. The molecule has 0 spiro atoms. The molecule has 2 atom stereocenters. The van der Waals surface area contributed by atoms with Crippen LogP contribution in [-0.4, -0.2) is 42.3 Å². The molecule has 2 fully saturated rings. The van der Waals surface area contributed by atoms with Gasteiger partial charge >= 0.3 is 0 Å². The van der Waals surface area contributed by atoms with Crippen LogP contribution >= 0.6 is 0 Å². The quantitative estimate of drug-likeness (QED) is 0.535. The Kier molecular flexibility index (Phi) is 1.63. The van der Waals surface area contributed by atoms with E-state index in [1.807, 2.05) is 18.7 Å². The fourth-order valence-corrected chi connectivity index (χ4v) is 2.04. The third-order valence-electron chi connectivity index (χ3n) is 2.58. The first-order chi connectivity index (χ1) is 5.63. The largest absolute Gasteiger partial charge is 0.352 e. The van der Waals surface area contributed by atoms with Crippen LogP contribution in [0.2, 0.25) is 0 Å². The summed E-state index contributed by atoms with van der Waals surface area (Å²) in [5, 5.41) is 3.05. The van der Waals surface area contributed by atoms with Crippen molar-refractivity contribution in [1.29, 1.82) is 0 Å². The summed E-state index contributed by atoms with van der Waals surface area (Å²) in [5.74, 6) is 0.147. The SMILES string of the molecule is C[C@@H]1CO[C@]2(C)CNCC(=O)N12. The van der Waals surface area contributed by atoms with Crippen molar-refractivity contribution in [1.82, 2.24) is 10.2 Å². The summed E-state index contributed by atoms with van der Waals surface area (Å²) in [6, 6.07) is 0.226. The molecule has 0 aromatic carbocycles. The first kappa shape index (κ1) is 8.01. The van der Waals surface area contributed by atoms with Gasteiger partial charge in [-0.05, 0) is 13.8 Å². The molecule has 0 unspecified atom stereocenters. The summed E-state index contributed by atoms with van der Waals surface area (Å²) < 4.78 is 5.57. The van der Waals surface area contributed by atoms with Crippen molar-refractivity contribution in [3.8, 4) is 0 Å². The number of nitrogens with zero attached hydrogens (tertiary/aromatic N) is 1. The predicted molar refractivity (Wildman–Crippen MR) is 43.5 cm³/mol. The Labute approximate surface area is 71.9 Å². The maximum atomic E-state index is 11.5. The second-order valence-electron chi connectivity index (χ2n) is 3.70. The molecular weight excluding hydrogens is 156 g/mol. The number of nitrogens with one attached hydrogen (secondary N) is 1. The Bertz CT molecular complexity index is 215. The molecule has 2 aliphatic heterocycles. The Morgan fingerprint density at radius 2 is 2.50 bits per heavy atom. The van der Waals surface area contributed by atoms with Gasteiger partial charge in [-0.3, -0.25) is 4.79 Å². The standard InChI is InChI=1S/C8H14N2O2/c1-6-4-12-8(2)5-9-3-7(11)10(6)8/h6,9H,3-5H2,1-2H3/t6-,8-/m1/s1. The maximum absolute atomic E-state index is 11.5. The minimum Gasteiger partial charge on any atom is -0.352 e. The van der Waals surface area contributed by atoms with Gasteiger partial charge in [0.15, 0.2) is 5.72 Å². The average Bonchev–Trinajstić information content (AvgIpc) is 2.29. The Morgan fingerprint density at radius 1 is 1.75 bits per heavy atom. The Balaban J connectivity index is 2.26. The van der Waals surface area contributed by atoms with Crippen molar-refractivity contribution in [3.63, 3.8) is 0 Å². The molecule has 2 saturated heterocycles. The van der Waals surface area contributed by atoms with Crippen LogP contribution < -0.4 is 5.32 Å². The van der Waals surface area contributed by atoms with E-state index in [4.69, 9.17) is 4.74 Å². The Hall–Kier alpha value is -0.610. The summed E-state index contributed by atoms with van der Waals surface area (Å²) in [6.07, 6.45) is 0. The molecule has 2 rings (SSSR count). The van der Waals surface area contributed by atoms with Crippen LogP contribution in [0.15, 0.2) is 0 Å². The Morgan fingerprint density at radius 3 is 3.17 bits per heavy atom. The lowest BCUT2D eigenvalue weighted by molar-refractivity contribution is -0.152. The maximum Gasteiger partial charge on any atom is 0.239 e.